The highest BCUT2D eigenvalue weighted by Gasteiger charge is 2.28. The Balaban J connectivity index is 2.00. The number of anilines is 1. The van der Waals surface area contributed by atoms with Gasteiger partial charge in [-0.15, -0.1) is 0 Å². The van der Waals surface area contributed by atoms with E-state index >= 15 is 0 Å². The van der Waals surface area contributed by atoms with E-state index in [9.17, 15) is 5.11 Å². The molecule has 9 nitrogen and oxygen atoms in total. The molecule has 0 bridgehead atoms. The normalized spacial score (nSPS) is 23.0. The molecule has 0 saturated carbocycles. The number of nitrogens with one attached hydrogen (secondary N) is 1. The fraction of sp³-hybridized carbons (Fsp3) is 0.467. The molecule has 0 amide bonds. The predicted molar refractivity (Wildman–Crippen MR) is 93.8 cm³/mol. The number of aliphatic imine (C=N–C) groups is 2. The highest BCUT2D eigenvalue weighted by Crippen LogP contribution is 2.27. The number of nitrogens with zero attached hydrogens (tertiary/aromatic N) is 5. The van der Waals surface area contributed by atoms with E-state index in [0.717, 1.165) is 0 Å². The van der Waals surface area contributed by atoms with E-state index in [1.165, 1.54) is 6.08 Å². The molecule has 1 unspecified atom stereocenters. The molecule has 3 heterocycles. The first kappa shape index (κ1) is 16.2. The third-order valence-corrected chi connectivity index (χ3v) is 4.13. The number of amidine groups is 2. The van der Waals surface area contributed by atoms with Crippen molar-refractivity contribution in [2.75, 3.05) is 18.8 Å². The zero-order chi connectivity index (χ0) is 17.4. The molecule has 1 fully saturated rings. The molecule has 1 atom stereocenters. The number of hydrogen-bond acceptors (Lipinski definition) is 7. The number of aliphatic hydroxyl groups is 1. The summed E-state index contributed by atoms with van der Waals surface area (Å²) in [5.41, 5.74) is 13.8. The summed E-state index contributed by atoms with van der Waals surface area (Å²) >= 11 is 0. The molecule has 1 saturated heterocycles. The number of nitrogen functional groups attached to an aromatic ring is 1. The lowest BCUT2D eigenvalue weighted by Gasteiger charge is -2.22. The zero-order valence-electron chi connectivity index (χ0n) is 13.8. The van der Waals surface area contributed by atoms with Gasteiger partial charge in [0.2, 0.25) is 0 Å². The fourth-order valence-electron chi connectivity index (χ4n) is 2.85. The summed E-state index contributed by atoms with van der Waals surface area (Å²) in [5.74, 6) is 1.25. The number of rotatable bonds is 2. The van der Waals surface area contributed by atoms with Crippen molar-refractivity contribution in [2.24, 2.45) is 15.7 Å². The number of aromatic nitrogens is 2. The van der Waals surface area contributed by atoms with E-state index < -0.39 is 6.10 Å². The number of aliphatic hydroxyl groups excluding tert-OH is 1. The number of nitrogens with two attached hydrogens (primary N) is 2. The van der Waals surface area contributed by atoms with E-state index in [4.69, 9.17) is 16.9 Å². The second kappa shape index (κ2) is 6.08. The average molecular weight is 330 g/mol. The van der Waals surface area contributed by atoms with Gasteiger partial charge in [-0.05, 0) is 26.3 Å². The maximum Gasteiger partial charge on any atom is 0.178 e. The Kier molecular flexibility index (Phi) is 4.10. The van der Waals surface area contributed by atoms with Gasteiger partial charge >= 0.3 is 0 Å². The second-order valence-corrected chi connectivity index (χ2v) is 5.91. The van der Waals surface area contributed by atoms with Gasteiger partial charge in [0.25, 0.3) is 0 Å². The molecular weight excluding hydrogens is 308 g/mol. The minimum Gasteiger partial charge on any atom is -0.396 e. The van der Waals surface area contributed by atoms with Crippen LogP contribution in [0.5, 0.6) is 0 Å². The summed E-state index contributed by atoms with van der Waals surface area (Å²) in [7, 11) is 0. The standard InChI is InChI=1S/C15H22N8O/c1-3-23-13(18)12(8(2)21-23)19-14-10(16)6-11(17)15(20-14)22-5-4-9(24)7-22/h6,9,17,24H,3-5,7,16,18H2,1-2H3/b17-11?,19-14-. The van der Waals surface area contributed by atoms with Crippen molar-refractivity contribution in [1.82, 2.24) is 14.7 Å². The number of aryl methyl sites for hydroxylation is 2. The largest absolute Gasteiger partial charge is 0.396 e. The first-order valence-electron chi connectivity index (χ1n) is 7.90. The molecule has 0 aromatic carbocycles. The van der Waals surface area contributed by atoms with Crippen molar-refractivity contribution in [1.29, 1.82) is 5.41 Å². The molecule has 6 N–H and O–H groups in total. The van der Waals surface area contributed by atoms with Crippen LogP contribution in [0.1, 0.15) is 19.0 Å². The summed E-state index contributed by atoms with van der Waals surface area (Å²) < 4.78 is 1.67. The van der Waals surface area contributed by atoms with Gasteiger partial charge in [-0.1, -0.05) is 0 Å². The van der Waals surface area contributed by atoms with Crippen LogP contribution in [0.4, 0.5) is 11.5 Å². The van der Waals surface area contributed by atoms with Crippen molar-refractivity contribution in [3.63, 3.8) is 0 Å². The smallest absolute Gasteiger partial charge is 0.178 e. The van der Waals surface area contributed by atoms with Crippen LogP contribution in [0.25, 0.3) is 0 Å². The first-order valence-corrected chi connectivity index (χ1v) is 7.90. The van der Waals surface area contributed by atoms with Crippen LogP contribution in [0.2, 0.25) is 0 Å². The molecule has 9 heteroatoms. The van der Waals surface area contributed by atoms with E-state index in [0.29, 0.717) is 60.6 Å². The molecule has 0 spiro atoms. The first-order chi connectivity index (χ1) is 11.4. The molecule has 1 aromatic heterocycles. The zero-order valence-corrected chi connectivity index (χ0v) is 13.8. The fourth-order valence-corrected chi connectivity index (χ4v) is 2.85. The lowest BCUT2D eigenvalue weighted by molar-refractivity contribution is 0.188. The van der Waals surface area contributed by atoms with Gasteiger partial charge in [0, 0.05) is 19.6 Å². The monoisotopic (exact) mass is 330 g/mol. The topological polar surface area (TPSA) is 142 Å². The molecule has 128 valence electrons. The number of likely N-dealkylation sites (tertiary alicyclic amines) is 1. The lowest BCUT2D eigenvalue weighted by atomic mass is 10.2. The maximum atomic E-state index is 9.71. The van der Waals surface area contributed by atoms with Crippen LogP contribution in [0, 0.1) is 12.3 Å². The Morgan fingerprint density at radius 2 is 2.21 bits per heavy atom. The van der Waals surface area contributed by atoms with Crippen LogP contribution >= 0.6 is 0 Å². The van der Waals surface area contributed by atoms with Gasteiger partial charge in [0.15, 0.2) is 11.7 Å². The molecular formula is C15H22N8O. The van der Waals surface area contributed by atoms with Crippen molar-refractivity contribution in [3.05, 3.63) is 17.5 Å². The van der Waals surface area contributed by atoms with Crippen LogP contribution in [0.3, 0.4) is 0 Å². The maximum absolute atomic E-state index is 9.71. The number of hydrogen-bond donors (Lipinski definition) is 4. The molecule has 2 aliphatic rings. The Hall–Kier alpha value is -2.68. The quantitative estimate of drug-likeness (QED) is 0.611. The summed E-state index contributed by atoms with van der Waals surface area (Å²) in [6.45, 7) is 5.53. The van der Waals surface area contributed by atoms with E-state index in [2.05, 4.69) is 15.1 Å². The Morgan fingerprint density at radius 1 is 1.46 bits per heavy atom. The molecule has 0 radical (unpaired) electrons. The molecule has 0 aliphatic carbocycles. The molecule has 24 heavy (non-hydrogen) atoms. The lowest BCUT2D eigenvalue weighted by Crippen LogP contribution is -2.38. The third-order valence-electron chi connectivity index (χ3n) is 4.13. The minimum atomic E-state index is -0.398. The highest BCUT2D eigenvalue weighted by molar-refractivity contribution is 6.48. The summed E-state index contributed by atoms with van der Waals surface area (Å²) in [4.78, 5) is 10.8. The van der Waals surface area contributed by atoms with Gasteiger partial charge in [-0.3, -0.25) is 5.41 Å². The minimum absolute atomic E-state index is 0.217. The Bertz CT molecular complexity index is 773. The van der Waals surface area contributed by atoms with E-state index in [1.807, 2.05) is 18.7 Å². The Morgan fingerprint density at radius 3 is 2.79 bits per heavy atom. The number of β-amino-alcohol motifs (C(OH)–C–C–N with tert-alkyl or cyclic N) is 1. The third kappa shape index (κ3) is 2.78. The van der Waals surface area contributed by atoms with Crippen molar-refractivity contribution < 1.29 is 5.11 Å². The van der Waals surface area contributed by atoms with Gasteiger partial charge in [0.1, 0.15) is 11.5 Å². The number of dihydropyridines is 1. The Labute approximate surface area is 139 Å². The molecule has 1 aromatic rings. The second-order valence-electron chi connectivity index (χ2n) is 5.91. The molecule has 2 aliphatic heterocycles. The highest BCUT2D eigenvalue weighted by atomic mass is 16.3. The van der Waals surface area contributed by atoms with Crippen molar-refractivity contribution >= 4 is 28.9 Å². The van der Waals surface area contributed by atoms with Crippen LogP contribution in [0.15, 0.2) is 21.8 Å². The van der Waals surface area contributed by atoms with Crippen molar-refractivity contribution in [3.8, 4) is 0 Å². The van der Waals surface area contributed by atoms with Gasteiger partial charge in [-0.25, -0.2) is 14.7 Å². The summed E-state index contributed by atoms with van der Waals surface area (Å²) in [6.07, 6.45) is 1.79. The van der Waals surface area contributed by atoms with Crippen LogP contribution < -0.4 is 11.5 Å². The van der Waals surface area contributed by atoms with Gasteiger partial charge < -0.3 is 21.5 Å². The van der Waals surface area contributed by atoms with E-state index in [-0.39, 0.29) is 5.71 Å². The molecule has 3 rings (SSSR count). The summed E-state index contributed by atoms with van der Waals surface area (Å²) in [5, 5.41) is 22.1. The van der Waals surface area contributed by atoms with E-state index in [1.54, 1.807) is 4.68 Å². The summed E-state index contributed by atoms with van der Waals surface area (Å²) in [6, 6.07) is 0. The average Bonchev–Trinajstić information content (AvgIpc) is 3.07. The predicted octanol–water partition coefficient (Wildman–Crippen LogP) is 0.165. The SMILES string of the molecule is CCn1nc(C)c(/N=C2\N=C(N3CCC(O)C3)C(=N)C=C2N)c1N. The van der Waals surface area contributed by atoms with Crippen LogP contribution in [-0.4, -0.2) is 56.4 Å². The van der Waals surface area contributed by atoms with Gasteiger partial charge in [0.05, 0.1) is 23.2 Å². The van der Waals surface area contributed by atoms with Crippen LogP contribution in [-0.2, 0) is 6.54 Å². The van der Waals surface area contributed by atoms with Crippen molar-refractivity contribution in [2.45, 2.75) is 32.9 Å². The van der Waals surface area contributed by atoms with Gasteiger partial charge in [-0.2, -0.15) is 5.10 Å².